The van der Waals surface area contributed by atoms with E-state index in [2.05, 4.69) is 21.3 Å². The fraction of sp³-hybridized carbons (Fsp3) is 0.717. The zero-order valence-corrected chi connectivity index (χ0v) is 42.0. The van der Waals surface area contributed by atoms with Crippen LogP contribution in [-0.2, 0) is 49.3 Å². The van der Waals surface area contributed by atoms with Crippen LogP contribution in [0.25, 0.3) is 0 Å². The molecule has 1 aliphatic carbocycles. The lowest BCUT2D eigenvalue weighted by molar-refractivity contribution is -0.384. The first kappa shape index (κ1) is 58.8. The number of likely N-dealkylation sites (N-methyl/N-ethyl adjacent to an activating group) is 1. The van der Waals surface area contributed by atoms with Crippen LogP contribution in [0.1, 0.15) is 107 Å². The van der Waals surface area contributed by atoms with Gasteiger partial charge in [0.1, 0.15) is 53.6 Å². The van der Waals surface area contributed by atoms with Crippen LogP contribution in [0, 0.1) is 10.1 Å². The number of nitro groups is 1. The number of rotatable bonds is 21. The molecule has 0 radical (unpaired) electrons. The van der Waals surface area contributed by atoms with Gasteiger partial charge in [-0.1, -0.05) is 0 Å². The number of nitrogens with zero attached hydrogens (tertiary/aromatic N) is 2. The highest BCUT2D eigenvalue weighted by Crippen LogP contribution is 2.32. The quantitative estimate of drug-likeness (QED) is 0.0301. The topological polar surface area (TPSA) is 314 Å². The van der Waals surface area contributed by atoms with Crippen molar-refractivity contribution in [1.82, 2.24) is 26.2 Å². The van der Waals surface area contributed by atoms with Gasteiger partial charge in [0.25, 0.3) is 5.69 Å². The molecule has 70 heavy (non-hydrogen) atoms. The van der Waals surface area contributed by atoms with Gasteiger partial charge in [-0.3, -0.25) is 14.9 Å². The summed E-state index contributed by atoms with van der Waals surface area (Å²) in [7, 11) is 1.39. The molecule has 2 aliphatic rings. The van der Waals surface area contributed by atoms with E-state index < -0.39 is 114 Å². The van der Waals surface area contributed by atoms with Crippen molar-refractivity contribution < 1.29 is 82.1 Å². The van der Waals surface area contributed by atoms with Crippen molar-refractivity contribution in [3.05, 3.63) is 51.8 Å². The maximum absolute atomic E-state index is 13.6. The van der Waals surface area contributed by atoms with Crippen LogP contribution in [0.4, 0.5) is 24.9 Å². The number of alkyl carbamates (subject to hydrolysis) is 3. The van der Waals surface area contributed by atoms with Gasteiger partial charge in [-0.15, -0.1) is 0 Å². The zero-order valence-electron chi connectivity index (χ0n) is 42.0. The minimum absolute atomic E-state index is 0.0807. The molecule has 7 N–H and O–H groups in total. The summed E-state index contributed by atoms with van der Waals surface area (Å²) in [6, 6.07) is 2.20. The van der Waals surface area contributed by atoms with Crippen LogP contribution in [0.5, 0.6) is 0 Å². The number of nitrogens with one attached hydrogen (secondary N) is 4. The Morgan fingerprint density at radius 2 is 1.50 bits per heavy atom. The number of non-ortho nitro benzene ring substituents is 1. The van der Waals surface area contributed by atoms with Crippen molar-refractivity contribution in [3.8, 4) is 0 Å². The maximum Gasteiger partial charge on any atom is 0.410 e. The Morgan fingerprint density at radius 1 is 0.886 bits per heavy atom. The van der Waals surface area contributed by atoms with Crippen molar-refractivity contribution in [2.75, 3.05) is 33.4 Å². The van der Waals surface area contributed by atoms with Crippen LogP contribution >= 0.6 is 0 Å². The number of allylic oxidation sites excluding steroid dienone is 1. The monoisotopic (exact) mass is 999 g/mol. The van der Waals surface area contributed by atoms with E-state index in [1.54, 1.807) is 68.4 Å². The Labute approximate surface area is 408 Å². The molecule has 1 heterocycles. The molecule has 1 aromatic rings. The van der Waals surface area contributed by atoms with Crippen molar-refractivity contribution in [3.63, 3.8) is 0 Å². The van der Waals surface area contributed by atoms with Gasteiger partial charge < -0.3 is 79.4 Å². The summed E-state index contributed by atoms with van der Waals surface area (Å²) in [5.74, 6) is -0.268. The highest BCUT2D eigenvalue weighted by molar-refractivity contribution is 5.76. The minimum Gasteiger partial charge on any atom is -0.468 e. The van der Waals surface area contributed by atoms with E-state index in [-0.39, 0.29) is 63.4 Å². The number of hydrogen-bond acceptors (Lipinski definition) is 18. The molecular weight excluding hydrogens is 925 g/mol. The van der Waals surface area contributed by atoms with Crippen molar-refractivity contribution in [1.29, 1.82) is 0 Å². The Balaban J connectivity index is 1.90. The van der Waals surface area contributed by atoms with Crippen LogP contribution in [-0.4, -0.2) is 161 Å². The number of amides is 5. The summed E-state index contributed by atoms with van der Waals surface area (Å²) >= 11 is 0. The van der Waals surface area contributed by atoms with E-state index in [0.29, 0.717) is 12.0 Å². The molecule has 24 nitrogen and oxygen atoms in total. The Kier molecular flexibility index (Phi) is 22.3. The average molecular weight is 999 g/mol. The second-order valence-corrected chi connectivity index (χ2v) is 19.8. The van der Waals surface area contributed by atoms with Gasteiger partial charge in [0.2, 0.25) is 5.91 Å². The third kappa shape index (κ3) is 20.8. The normalized spacial score (nSPS) is 21.8. The van der Waals surface area contributed by atoms with Gasteiger partial charge in [-0.05, 0) is 112 Å². The number of carbonyl (C=O) groups is 5. The van der Waals surface area contributed by atoms with E-state index in [1.165, 1.54) is 38.2 Å². The van der Waals surface area contributed by atoms with E-state index in [0.717, 1.165) is 4.90 Å². The molecule has 0 spiro atoms. The SMILES string of the molecule is C[C@@H]([C@@H](O)[C@H](OCCO)O[C@@H]1[C@@H](O)[C@H](O[C@@H]2CCC=C(CNC(=O)OCc3ccc([N+](=O)[O-])cc3)O2)[C@@H](NC(=O)OC(C)(C)C)C[C@H]1NC(=O)CCCNC(=O)OC(C)(C)C)N(C)C(=O)OC(C)(C)C. The second kappa shape index (κ2) is 26.6. The number of hydrogen-bond donors (Lipinski definition) is 7. The first-order chi connectivity index (χ1) is 32.5. The zero-order chi connectivity index (χ0) is 52.6. The van der Waals surface area contributed by atoms with E-state index in [9.17, 15) is 49.4 Å². The molecule has 1 aromatic carbocycles. The number of carbonyl (C=O) groups excluding carboxylic acids is 5. The predicted molar refractivity (Wildman–Crippen MR) is 249 cm³/mol. The van der Waals surface area contributed by atoms with Crippen LogP contribution < -0.4 is 21.3 Å². The first-order valence-electron chi connectivity index (χ1n) is 23.2. The summed E-state index contributed by atoms with van der Waals surface area (Å²) in [5, 5.41) is 55.6. The lowest BCUT2D eigenvalue weighted by atomic mass is 9.83. The summed E-state index contributed by atoms with van der Waals surface area (Å²) in [4.78, 5) is 76.4. The Hall–Kier alpha value is -5.53. The molecule has 1 saturated carbocycles. The molecule has 3 rings (SSSR count). The molecular formula is C46H74N6O18. The minimum atomic E-state index is -1.75. The maximum atomic E-state index is 13.6. The van der Waals surface area contributed by atoms with Crippen molar-refractivity contribution in [2.45, 2.75) is 180 Å². The van der Waals surface area contributed by atoms with Gasteiger partial charge in [0.15, 0.2) is 12.6 Å². The predicted octanol–water partition coefficient (Wildman–Crippen LogP) is 4.01. The smallest absolute Gasteiger partial charge is 0.410 e. The molecule has 1 aliphatic heterocycles. The molecule has 9 atom stereocenters. The Morgan fingerprint density at radius 3 is 2.10 bits per heavy atom. The second-order valence-electron chi connectivity index (χ2n) is 19.8. The molecule has 24 heteroatoms. The number of aliphatic hydroxyl groups is 3. The summed E-state index contributed by atoms with van der Waals surface area (Å²) in [6.07, 6.45) is -9.88. The average Bonchev–Trinajstić information content (AvgIpc) is 3.25. The molecule has 0 saturated heterocycles. The number of nitro benzene ring substituents is 1. The first-order valence-corrected chi connectivity index (χ1v) is 23.2. The van der Waals surface area contributed by atoms with Crippen LogP contribution in [0.3, 0.4) is 0 Å². The fourth-order valence-electron chi connectivity index (χ4n) is 6.94. The molecule has 1 fully saturated rings. The molecule has 0 bridgehead atoms. The number of benzene rings is 1. The fourth-order valence-corrected chi connectivity index (χ4v) is 6.94. The lowest BCUT2D eigenvalue weighted by Gasteiger charge is -2.47. The van der Waals surface area contributed by atoms with Gasteiger partial charge in [-0.2, -0.15) is 0 Å². The largest absolute Gasteiger partial charge is 0.468 e. The van der Waals surface area contributed by atoms with E-state index in [4.69, 9.17) is 37.9 Å². The van der Waals surface area contributed by atoms with E-state index >= 15 is 0 Å². The number of ether oxygens (including phenoxy) is 8. The third-order valence-electron chi connectivity index (χ3n) is 10.3. The van der Waals surface area contributed by atoms with Gasteiger partial charge >= 0.3 is 24.4 Å². The van der Waals surface area contributed by atoms with E-state index in [1.807, 2.05) is 0 Å². The standard InChI is InChI=1S/C46H74N6O18/c1-27(51(11)43(60)70-46(8,9)10)35(55)39(63-23-22-53)67-38-31(49-33(54)15-13-21-47-41(58)68-44(2,3)4)24-32(50-42(59)69-45(5,6)7)37(36(38)56)66-34-16-12-14-30(65-34)25-48-40(57)64-26-28-17-19-29(20-18-28)52(61)62/h14,17-20,27,31-32,34-39,53,55-56H,12-13,15-16,21-26H2,1-11H3,(H,47,58)(H,48,57)(H,49,54)(H,50,59)/t27-,31+,32-,34+,35+,36-,37+,38-,39+/m0/s1. The molecule has 396 valence electrons. The highest BCUT2D eigenvalue weighted by atomic mass is 16.7. The summed E-state index contributed by atoms with van der Waals surface area (Å²) in [6.45, 7) is 15.5. The molecule has 5 amide bonds. The molecule has 0 unspecified atom stereocenters. The number of aliphatic hydroxyl groups excluding tert-OH is 3. The van der Waals surface area contributed by atoms with Crippen LogP contribution in [0.2, 0.25) is 0 Å². The summed E-state index contributed by atoms with van der Waals surface area (Å²) in [5.41, 5.74) is -2.16. The lowest BCUT2D eigenvalue weighted by Crippen LogP contribution is -2.67. The van der Waals surface area contributed by atoms with Crippen molar-refractivity contribution >= 4 is 36.0 Å². The van der Waals surface area contributed by atoms with Gasteiger partial charge in [0, 0.05) is 38.6 Å². The van der Waals surface area contributed by atoms with Crippen molar-refractivity contribution in [2.24, 2.45) is 0 Å². The van der Waals surface area contributed by atoms with Crippen LogP contribution in [0.15, 0.2) is 36.1 Å². The van der Waals surface area contributed by atoms with Gasteiger partial charge in [0.05, 0.1) is 42.8 Å². The van der Waals surface area contributed by atoms with Gasteiger partial charge in [-0.25, -0.2) is 19.2 Å². The molecule has 0 aromatic heterocycles. The third-order valence-corrected chi connectivity index (χ3v) is 10.3. The highest BCUT2D eigenvalue weighted by Gasteiger charge is 2.50. The Bertz CT molecular complexity index is 1920. The summed E-state index contributed by atoms with van der Waals surface area (Å²) < 4.78 is 46.2.